The lowest BCUT2D eigenvalue weighted by molar-refractivity contribution is 0.00294. The van der Waals surface area contributed by atoms with Crippen molar-refractivity contribution in [3.05, 3.63) is 0 Å². The van der Waals surface area contributed by atoms with E-state index in [2.05, 4.69) is 34.6 Å². The van der Waals surface area contributed by atoms with Crippen LogP contribution in [0.1, 0.15) is 98.8 Å². The molecule has 0 aliphatic carbocycles. The fourth-order valence-electron chi connectivity index (χ4n) is 3.49. The van der Waals surface area contributed by atoms with E-state index in [0.717, 1.165) is 24.2 Å². The van der Waals surface area contributed by atoms with Gasteiger partial charge < -0.3 is 14.9 Å². The molecule has 0 saturated heterocycles. The summed E-state index contributed by atoms with van der Waals surface area (Å²) in [6.45, 7) is 12.5. The molecule has 0 aromatic rings. The van der Waals surface area contributed by atoms with Gasteiger partial charge in [0.15, 0.2) is 0 Å². The first-order chi connectivity index (χ1) is 12.3. The van der Waals surface area contributed by atoms with E-state index in [1.54, 1.807) is 0 Å². The molecule has 0 heterocycles. The molecular weight excluding hydrogens is 324 g/mol. The molecule has 0 saturated carbocycles. The quantitative estimate of drug-likeness (QED) is 0.298. The maximum Gasteiger partial charge on any atom is 0.100 e. The summed E-state index contributed by atoms with van der Waals surface area (Å²) in [5, 5.41) is 18.0. The van der Waals surface area contributed by atoms with E-state index in [1.165, 1.54) is 57.8 Å². The van der Waals surface area contributed by atoms with E-state index >= 15 is 0 Å². The fraction of sp³-hybridized carbons (Fsp3) is 1.00. The van der Waals surface area contributed by atoms with Crippen LogP contribution < -0.4 is 0 Å². The summed E-state index contributed by atoms with van der Waals surface area (Å²) in [5.74, 6) is 3.27. The van der Waals surface area contributed by atoms with Crippen LogP contribution in [0.4, 0.5) is 0 Å². The van der Waals surface area contributed by atoms with Crippen LogP contribution in [0.2, 0.25) is 0 Å². The molecule has 4 atom stereocenters. The largest absolute Gasteiger partial charge is 0.394 e. The number of hydrogen-bond acceptors (Lipinski definition) is 3. The van der Waals surface area contributed by atoms with E-state index in [4.69, 9.17) is 9.84 Å². The van der Waals surface area contributed by atoms with E-state index in [1.807, 2.05) is 0 Å². The molecule has 0 aromatic heterocycles. The lowest BCUT2D eigenvalue weighted by Gasteiger charge is -2.16. The van der Waals surface area contributed by atoms with E-state index < -0.39 is 6.10 Å². The topological polar surface area (TPSA) is 49.7 Å². The zero-order valence-electron chi connectivity index (χ0n) is 18.4. The zero-order chi connectivity index (χ0) is 19.8. The average molecular weight is 373 g/mol. The molecule has 0 amide bonds. The highest BCUT2D eigenvalue weighted by atomic mass is 16.5. The molecule has 0 radical (unpaired) electrons. The summed E-state index contributed by atoms with van der Waals surface area (Å²) in [6, 6.07) is 0. The number of aliphatic hydroxyl groups is 2. The molecular formula is C23H48O3. The predicted molar refractivity (Wildman–Crippen MR) is 112 cm³/mol. The molecule has 0 aromatic carbocycles. The standard InChI is InChI=1S/C23H48O3/c1-19(2)9-6-10-20(3)11-7-12-21(4)13-8-14-22(5)15-16-26-18-23(25)17-24/h19-25H,6-18H2,1-5H3/t20-,21-,22-,23-/m1/s1. The van der Waals surface area contributed by atoms with Gasteiger partial charge in [0, 0.05) is 6.61 Å². The van der Waals surface area contributed by atoms with Crippen molar-refractivity contribution in [3.63, 3.8) is 0 Å². The van der Waals surface area contributed by atoms with Crippen LogP contribution in [-0.4, -0.2) is 36.1 Å². The Bertz CT molecular complexity index is 293. The van der Waals surface area contributed by atoms with Gasteiger partial charge >= 0.3 is 0 Å². The van der Waals surface area contributed by atoms with Crippen LogP contribution in [-0.2, 0) is 4.74 Å². The SMILES string of the molecule is CC(C)CCC[C@@H](C)CCC[C@@H](C)CCC[C@@H](C)CCOC[C@H](O)CO. The Kier molecular flexibility index (Phi) is 16.9. The van der Waals surface area contributed by atoms with Gasteiger partial charge in [0.25, 0.3) is 0 Å². The van der Waals surface area contributed by atoms with Gasteiger partial charge in [-0.25, -0.2) is 0 Å². The van der Waals surface area contributed by atoms with Crippen LogP contribution >= 0.6 is 0 Å². The molecule has 2 N–H and O–H groups in total. The van der Waals surface area contributed by atoms with Gasteiger partial charge in [0.05, 0.1) is 13.2 Å². The van der Waals surface area contributed by atoms with Crippen molar-refractivity contribution in [3.8, 4) is 0 Å². The highest BCUT2D eigenvalue weighted by molar-refractivity contribution is 4.61. The van der Waals surface area contributed by atoms with E-state index in [-0.39, 0.29) is 13.2 Å². The van der Waals surface area contributed by atoms with Gasteiger partial charge in [0.1, 0.15) is 6.10 Å². The van der Waals surface area contributed by atoms with Gasteiger partial charge in [-0.2, -0.15) is 0 Å². The molecule has 3 nitrogen and oxygen atoms in total. The monoisotopic (exact) mass is 372 g/mol. The van der Waals surface area contributed by atoms with Gasteiger partial charge in [-0.05, 0) is 30.1 Å². The second-order valence-electron chi connectivity index (χ2n) is 9.20. The maximum atomic E-state index is 9.22. The zero-order valence-corrected chi connectivity index (χ0v) is 18.4. The Morgan fingerprint density at radius 2 is 1.08 bits per heavy atom. The van der Waals surface area contributed by atoms with Crippen LogP contribution in [0, 0.1) is 23.7 Å². The molecule has 26 heavy (non-hydrogen) atoms. The van der Waals surface area contributed by atoms with Crippen molar-refractivity contribution >= 4 is 0 Å². The number of aliphatic hydroxyl groups excluding tert-OH is 2. The first-order valence-electron chi connectivity index (χ1n) is 11.2. The fourth-order valence-corrected chi connectivity index (χ4v) is 3.49. The Morgan fingerprint density at radius 1 is 0.654 bits per heavy atom. The van der Waals surface area contributed by atoms with Crippen molar-refractivity contribution in [2.24, 2.45) is 23.7 Å². The minimum atomic E-state index is -0.732. The summed E-state index contributed by atoms with van der Waals surface area (Å²) in [6.07, 6.45) is 12.6. The first-order valence-corrected chi connectivity index (χ1v) is 11.2. The number of hydrogen-bond donors (Lipinski definition) is 2. The van der Waals surface area contributed by atoms with Crippen LogP contribution in [0.5, 0.6) is 0 Å². The number of ether oxygens (including phenoxy) is 1. The van der Waals surface area contributed by atoms with Crippen molar-refractivity contribution in [2.75, 3.05) is 19.8 Å². The summed E-state index contributed by atoms with van der Waals surface area (Å²) in [7, 11) is 0. The Balaban J connectivity index is 3.51. The molecule has 0 spiro atoms. The van der Waals surface area contributed by atoms with Crippen LogP contribution in [0.25, 0.3) is 0 Å². The second-order valence-corrected chi connectivity index (χ2v) is 9.20. The first kappa shape index (κ1) is 25.9. The Hall–Kier alpha value is -0.120. The van der Waals surface area contributed by atoms with Crippen molar-refractivity contribution in [1.29, 1.82) is 0 Å². The third-order valence-electron chi connectivity index (χ3n) is 5.54. The molecule has 0 rings (SSSR count). The number of rotatable bonds is 18. The lowest BCUT2D eigenvalue weighted by Crippen LogP contribution is -2.20. The molecule has 158 valence electrons. The summed E-state index contributed by atoms with van der Waals surface area (Å²) < 4.78 is 5.39. The third-order valence-corrected chi connectivity index (χ3v) is 5.54. The van der Waals surface area contributed by atoms with Gasteiger partial charge in [0.2, 0.25) is 0 Å². The third kappa shape index (κ3) is 17.3. The van der Waals surface area contributed by atoms with Crippen LogP contribution in [0.15, 0.2) is 0 Å². The normalized spacial score (nSPS) is 16.6. The molecule has 0 bridgehead atoms. The Morgan fingerprint density at radius 3 is 1.50 bits per heavy atom. The highest BCUT2D eigenvalue weighted by Crippen LogP contribution is 2.22. The molecule has 0 fully saturated rings. The summed E-state index contributed by atoms with van der Waals surface area (Å²) >= 11 is 0. The molecule has 0 aliphatic rings. The second kappa shape index (κ2) is 17.0. The Labute approximate surface area is 163 Å². The van der Waals surface area contributed by atoms with E-state index in [0.29, 0.717) is 12.5 Å². The van der Waals surface area contributed by atoms with Gasteiger partial charge in [-0.15, -0.1) is 0 Å². The van der Waals surface area contributed by atoms with Crippen molar-refractivity contribution < 1.29 is 14.9 Å². The average Bonchev–Trinajstić information content (AvgIpc) is 2.58. The maximum absolute atomic E-state index is 9.22. The van der Waals surface area contributed by atoms with E-state index in [9.17, 15) is 5.11 Å². The van der Waals surface area contributed by atoms with Crippen LogP contribution in [0.3, 0.4) is 0 Å². The minimum absolute atomic E-state index is 0.218. The summed E-state index contributed by atoms with van der Waals surface area (Å²) in [4.78, 5) is 0. The minimum Gasteiger partial charge on any atom is -0.394 e. The molecule has 0 unspecified atom stereocenters. The highest BCUT2D eigenvalue weighted by Gasteiger charge is 2.08. The van der Waals surface area contributed by atoms with Crippen molar-refractivity contribution in [2.45, 2.75) is 105 Å². The molecule has 0 aliphatic heterocycles. The smallest absolute Gasteiger partial charge is 0.100 e. The molecule has 3 heteroatoms. The lowest BCUT2D eigenvalue weighted by atomic mass is 9.91. The van der Waals surface area contributed by atoms with Gasteiger partial charge in [-0.3, -0.25) is 0 Å². The van der Waals surface area contributed by atoms with Crippen molar-refractivity contribution in [1.82, 2.24) is 0 Å². The predicted octanol–water partition coefficient (Wildman–Crippen LogP) is 5.82. The summed E-state index contributed by atoms with van der Waals surface area (Å²) in [5.41, 5.74) is 0. The van der Waals surface area contributed by atoms with Gasteiger partial charge in [-0.1, -0.05) is 92.4 Å².